The zero-order chi connectivity index (χ0) is 17.2. The summed E-state index contributed by atoms with van der Waals surface area (Å²) in [6, 6.07) is 19.5. The molecule has 4 nitrogen and oxygen atoms in total. The first-order valence-electron chi connectivity index (χ1n) is 8.18. The van der Waals surface area contributed by atoms with Crippen molar-refractivity contribution in [1.82, 2.24) is 5.32 Å². The van der Waals surface area contributed by atoms with Crippen molar-refractivity contribution in [2.24, 2.45) is 5.92 Å². The summed E-state index contributed by atoms with van der Waals surface area (Å²) in [5.74, 6) is -0.0965. The summed E-state index contributed by atoms with van der Waals surface area (Å²) in [4.78, 5) is 23.5. The Balaban J connectivity index is 1.65. The first-order chi connectivity index (χ1) is 11.6. The molecule has 24 heavy (non-hydrogen) atoms. The first-order valence-corrected chi connectivity index (χ1v) is 8.18. The average molecular weight is 325 g/mol. The van der Waals surface area contributed by atoms with E-state index < -0.39 is 6.09 Å². The van der Waals surface area contributed by atoms with Crippen molar-refractivity contribution in [3.05, 3.63) is 71.8 Å². The van der Waals surface area contributed by atoms with Gasteiger partial charge < -0.3 is 4.74 Å². The topological polar surface area (TPSA) is 55.4 Å². The number of hydrogen-bond donors (Lipinski definition) is 1. The minimum absolute atomic E-state index is 0.156. The van der Waals surface area contributed by atoms with Crippen LogP contribution in [0.15, 0.2) is 60.7 Å². The van der Waals surface area contributed by atoms with E-state index in [0.717, 1.165) is 18.4 Å². The van der Waals surface area contributed by atoms with E-state index in [9.17, 15) is 9.59 Å². The van der Waals surface area contributed by atoms with Crippen molar-refractivity contribution in [3.63, 3.8) is 0 Å². The Labute approximate surface area is 142 Å². The molecule has 2 aromatic carbocycles. The minimum atomic E-state index is -0.695. The van der Waals surface area contributed by atoms with Gasteiger partial charge in [-0.1, -0.05) is 67.6 Å². The zero-order valence-corrected chi connectivity index (χ0v) is 13.9. The fourth-order valence-corrected chi connectivity index (χ4v) is 2.40. The largest absolute Gasteiger partial charge is 0.444 e. The molecule has 0 spiro atoms. The Bertz CT molecular complexity index is 640. The molecule has 1 unspecified atom stereocenters. The molecule has 4 heteroatoms. The van der Waals surface area contributed by atoms with Gasteiger partial charge in [0.15, 0.2) is 0 Å². The lowest BCUT2D eigenvalue weighted by Crippen LogP contribution is -2.32. The number of nitrogens with one attached hydrogen (secondary N) is 1. The second kappa shape index (κ2) is 9.50. The number of imide groups is 1. The lowest BCUT2D eigenvalue weighted by atomic mass is 9.98. The number of carbonyl (C=O) groups excluding carboxylic acids is 2. The van der Waals surface area contributed by atoms with E-state index in [0.29, 0.717) is 6.42 Å². The lowest BCUT2D eigenvalue weighted by Gasteiger charge is -2.11. The van der Waals surface area contributed by atoms with Gasteiger partial charge in [-0.3, -0.25) is 10.1 Å². The monoisotopic (exact) mass is 325 g/mol. The molecule has 0 heterocycles. The van der Waals surface area contributed by atoms with E-state index in [4.69, 9.17) is 4.74 Å². The van der Waals surface area contributed by atoms with Crippen LogP contribution in [0.25, 0.3) is 0 Å². The third-order valence-corrected chi connectivity index (χ3v) is 3.76. The van der Waals surface area contributed by atoms with Gasteiger partial charge in [-0.2, -0.15) is 0 Å². The number of aryl methyl sites for hydroxylation is 1. The summed E-state index contributed by atoms with van der Waals surface area (Å²) in [7, 11) is 0. The van der Waals surface area contributed by atoms with Crippen LogP contribution in [0.3, 0.4) is 0 Å². The van der Waals surface area contributed by atoms with Crippen molar-refractivity contribution in [2.75, 3.05) is 0 Å². The number of ether oxygens (including phenoxy) is 1. The fraction of sp³-hybridized carbons (Fsp3) is 0.300. The third kappa shape index (κ3) is 6.65. The summed E-state index contributed by atoms with van der Waals surface area (Å²) in [6.07, 6.45) is 1.44. The Hall–Kier alpha value is -2.62. The molecule has 2 rings (SSSR count). The third-order valence-electron chi connectivity index (χ3n) is 3.76. The summed E-state index contributed by atoms with van der Waals surface area (Å²) >= 11 is 0. The van der Waals surface area contributed by atoms with Gasteiger partial charge in [0, 0.05) is 6.42 Å². The van der Waals surface area contributed by atoms with E-state index in [2.05, 4.69) is 17.4 Å². The molecule has 0 aliphatic heterocycles. The SMILES string of the molecule is CC(CCc1ccccc1)CC(=O)NC(=O)OCc1ccccc1. The van der Waals surface area contributed by atoms with Gasteiger partial charge in [0.2, 0.25) is 5.91 Å². The van der Waals surface area contributed by atoms with E-state index in [-0.39, 0.29) is 18.4 Å². The highest BCUT2D eigenvalue weighted by Gasteiger charge is 2.13. The van der Waals surface area contributed by atoms with Crippen LogP contribution in [0.4, 0.5) is 4.79 Å². The van der Waals surface area contributed by atoms with Crippen LogP contribution >= 0.6 is 0 Å². The van der Waals surface area contributed by atoms with Crippen LogP contribution in [0.1, 0.15) is 30.9 Å². The Kier molecular flexibility index (Phi) is 7.02. The Morgan fingerprint density at radius 3 is 2.17 bits per heavy atom. The normalized spacial score (nSPS) is 11.5. The molecular formula is C20H23NO3. The quantitative estimate of drug-likeness (QED) is 0.834. The van der Waals surface area contributed by atoms with E-state index in [1.165, 1.54) is 5.56 Å². The maximum absolute atomic E-state index is 11.9. The maximum Gasteiger partial charge on any atom is 0.414 e. The Morgan fingerprint density at radius 2 is 1.54 bits per heavy atom. The minimum Gasteiger partial charge on any atom is -0.444 e. The number of rotatable bonds is 7. The van der Waals surface area contributed by atoms with Gasteiger partial charge >= 0.3 is 6.09 Å². The van der Waals surface area contributed by atoms with Crippen LogP contribution in [-0.2, 0) is 22.6 Å². The van der Waals surface area contributed by atoms with E-state index in [1.54, 1.807) is 0 Å². The average Bonchev–Trinajstić information content (AvgIpc) is 2.60. The standard InChI is InChI=1S/C20H23NO3/c1-16(12-13-17-8-4-2-5-9-17)14-19(22)21-20(23)24-15-18-10-6-3-7-11-18/h2-11,16H,12-15H2,1H3,(H,21,22,23). The molecule has 126 valence electrons. The van der Waals surface area contributed by atoms with Crippen LogP contribution in [-0.4, -0.2) is 12.0 Å². The molecule has 2 aromatic rings. The van der Waals surface area contributed by atoms with Crippen molar-refractivity contribution in [2.45, 2.75) is 32.8 Å². The number of alkyl carbamates (subject to hydrolysis) is 1. The highest BCUT2D eigenvalue weighted by molar-refractivity contribution is 5.91. The fourth-order valence-electron chi connectivity index (χ4n) is 2.40. The van der Waals surface area contributed by atoms with Crippen molar-refractivity contribution in [1.29, 1.82) is 0 Å². The van der Waals surface area contributed by atoms with E-state index in [1.807, 2.05) is 55.5 Å². The maximum atomic E-state index is 11.9. The predicted octanol–water partition coefficient (Wildman–Crippen LogP) is 4.10. The molecule has 0 saturated carbocycles. The zero-order valence-electron chi connectivity index (χ0n) is 13.9. The molecule has 0 bridgehead atoms. The first kappa shape index (κ1) is 17.7. The van der Waals surface area contributed by atoms with Crippen molar-refractivity contribution >= 4 is 12.0 Å². The van der Waals surface area contributed by atoms with Gasteiger partial charge in [-0.25, -0.2) is 4.79 Å². The Morgan fingerprint density at radius 1 is 0.958 bits per heavy atom. The highest BCUT2D eigenvalue weighted by Crippen LogP contribution is 2.12. The summed E-state index contributed by atoms with van der Waals surface area (Å²) in [5, 5.41) is 2.28. The number of hydrogen-bond acceptors (Lipinski definition) is 3. The van der Waals surface area contributed by atoms with Gasteiger partial charge in [0.1, 0.15) is 6.61 Å². The highest BCUT2D eigenvalue weighted by atomic mass is 16.5. The molecule has 1 N–H and O–H groups in total. The molecule has 0 aliphatic rings. The number of amides is 2. The second-order valence-corrected chi connectivity index (χ2v) is 5.94. The van der Waals surface area contributed by atoms with Gasteiger partial charge in [-0.05, 0) is 29.9 Å². The molecule has 0 aromatic heterocycles. The number of benzene rings is 2. The van der Waals surface area contributed by atoms with Gasteiger partial charge in [0.05, 0.1) is 0 Å². The molecular weight excluding hydrogens is 302 g/mol. The van der Waals surface area contributed by atoms with Crippen molar-refractivity contribution in [3.8, 4) is 0 Å². The molecule has 2 amide bonds. The molecule has 0 fully saturated rings. The lowest BCUT2D eigenvalue weighted by molar-refractivity contribution is -0.121. The van der Waals surface area contributed by atoms with Crippen LogP contribution in [0.5, 0.6) is 0 Å². The molecule has 0 radical (unpaired) electrons. The van der Waals surface area contributed by atoms with Gasteiger partial charge in [-0.15, -0.1) is 0 Å². The van der Waals surface area contributed by atoms with E-state index >= 15 is 0 Å². The van der Waals surface area contributed by atoms with Crippen molar-refractivity contribution < 1.29 is 14.3 Å². The molecule has 1 atom stereocenters. The number of carbonyl (C=O) groups is 2. The molecule has 0 saturated heterocycles. The summed E-state index contributed by atoms with van der Waals surface area (Å²) in [5.41, 5.74) is 2.14. The summed E-state index contributed by atoms with van der Waals surface area (Å²) in [6.45, 7) is 2.17. The van der Waals surface area contributed by atoms with Crippen LogP contribution in [0, 0.1) is 5.92 Å². The predicted molar refractivity (Wildman–Crippen MR) is 93.3 cm³/mol. The smallest absolute Gasteiger partial charge is 0.414 e. The molecule has 0 aliphatic carbocycles. The van der Waals surface area contributed by atoms with Crippen LogP contribution in [0.2, 0.25) is 0 Å². The summed E-state index contributed by atoms with van der Waals surface area (Å²) < 4.78 is 5.04. The van der Waals surface area contributed by atoms with Gasteiger partial charge in [0.25, 0.3) is 0 Å². The second-order valence-electron chi connectivity index (χ2n) is 5.94. The van der Waals surface area contributed by atoms with Crippen LogP contribution < -0.4 is 5.32 Å².